The molecule has 0 unspecified atom stereocenters. The third-order valence-corrected chi connectivity index (χ3v) is 5.96. The van der Waals surface area contributed by atoms with Crippen LogP contribution in [0.3, 0.4) is 0 Å². The first-order valence-electron chi connectivity index (χ1n) is 10.1. The Morgan fingerprint density at radius 1 is 0.821 bits per heavy atom. The van der Waals surface area contributed by atoms with Crippen LogP contribution in [0, 0.1) is 5.92 Å². The van der Waals surface area contributed by atoms with Crippen LogP contribution in [-0.4, -0.2) is 9.78 Å². The van der Waals surface area contributed by atoms with E-state index in [4.69, 9.17) is 0 Å². The highest BCUT2D eigenvalue weighted by Crippen LogP contribution is 2.45. The number of nitrogens with zero attached hydrogens (tertiary/aromatic N) is 2. The molecule has 0 amide bonds. The predicted octanol–water partition coefficient (Wildman–Crippen LogP) is 6.33. The number of rotatable bonds is 4. The van der Waals surface area contributed by atoms with E-state index in [0.29, 0.717) is 5.92 Å². The van der Waals surface area contributed by atoms with E-state index in [1.165, 1.54) is 58.0 Å². The Labute approximate surface area is 166 Å². The van der Waals surface area contributed by atoms with Crippen LogP contribution >= 0.6 is 0 Å². The predicted molar refractivity (Wildman–Crippen MR) is 117 cm³/mol. The van der Waals surface area contributed by atoms with Gasteiger partial charge in [-0.3, -0.25) is 4.68 Å². The number of fused-ring (bicyclic) bond motifs is 1. The molecule has 0 bridgehead atoms. The van der Waals surface area contributed by atoms with Gasteiger partial charge in [-0.1, -0.05) is 73.2 Å². The number of benzene rings is 3. The Kier molecular flexibility index (Phi) is 4.32. The van der Waals surface area contributed by atoms with Gasteiger partial charge in [0.15, 0.2) is 0 Å². The van der Waals surface area contributed by atoms with Crippen molar-refractivity contribution < 1.29 is 0 Å². The smallest absolute Gasteiger partial charge is 0.0679 e. The number of hydrogen-bond donors (Lipinski definition) is 0. The lowest BCUT2D eigenvalue weighted by atomic mass is 9.73. The fourth-order valence-electron chi connectivity index (χ4n) is 4.30. The summed E-state index contributed by atoms with van der Waals surface area (Å²) in [6.45, 7) is 0. The molecule has 1 aliphatic carbocycles. The molecule has 28 heavy (non-hydrogen) atoms. The number of aromatic nitrogens is 2. The summed E-state index contributed by atoms with van der Waals surface area (Å²) >= 11 is 0. The maximum Gasteiger partial charge on any atom is 0.0679 e. The standard InChI is InChI=1S/C26H24N2/c1-28-24-16-15-22(17-23(24)18-27-28)26(20-11-6-3-7-12-20)25(21-13-8-14-21)19-9-4-2-5-10-19/h2-7,9-12,15-18,21H,8,13-14H2,1H3/b26-25-. The molecule has 0 aliphatic heterocycles. The molecule has 0 spiro atoms. The van der Waals surface area contributed by atoms with Crippen molar-refractivity contribution in [2.24, 2.45) is 13.0 Å². The number of aryl methyl sites for hydroxylation is 1. The van der Waals surface area contributed by atoms with E-state index in [-0.39, 0.29) is 0 Å². The van der Waals surface area contributed by atoms with Crippen molar-refractivity contribution in [2.75, 3.05) is 0 Å². The minimum atomic E-state index is 0.627. The summed E-state index contributed by atoms with van der Waals surface area (Å²) in [6, 6.07) is 28.5. The van der Waals surface area contributed by atoms with Crippen molar-refractivity contribution in [3.8, 4) is 0 Å². The molecular formula is C26H24N2. The van der Waals surface area contributed by atoms with E-state index < -0.39 is 0 Å². The van der Waals surface area contributed by atoms with Crippen LogP contribution in [0.2, 0.25) is 0 Å². The molecule has 1 saturated carbocycles. The molecule has 138 valence electrons. The molecule has 1 heterocycles. The monoisotopic (exact) mass is 364 g/mol. The molecule has 1 aliphatic rings. The second-order valence-corrected chi connectivity index (χ2v) is 7.69. The molecule has 0 atom stereocenters. The van der Waals surface area contributed by atoms with Gasteiger partial charge in [-0.05, 0) is 58.7 Å². The van der Waals surface area contributed by atoms with Crippen LogP contribution in [0.15, 0.2) is 85.1 Å². The molecular weight excluding hydrogens is 340 g/mol. The molecule has 4 aromatic rings. The minimum Gasteiger partial charge on any atom is -0.268 e. The van der Waals surface area contributed by atoms with Crippen LogP contribution in [0.25, 0.3) is 22.0 Å². The topological polar surface area (TPSA) is 17.8 Å². The van der Waals surface area contributed by atoms with Gasteiger partial charge < -0.3 is 0 Å². The zero-order valence-corrected chi connectivity index (χ0v) is 16.2. The fraction of sp³-hybridized carbons (Fsp3) is 0.192. The van der Waals surface area contributed by atoms with Crippen molar-refractivity contribution in [1.29, 1.82) is 0 Å². The Balaban J connectivity index is 1.80. The van der Waals surface area contributed by atoms with Crippen molar-refractivity contribution in [3.05, 3.63) is 102 Å². The molecule has 1 aromatic heterocycles. The molecule has 0 saturated heterocycles. The molecule has 0 N–H and O–H groups in total. The molecule has 5 rings (SSSR count). The van der Waals surface area contributed by atoms with Crippen LogP contribution in [0.5, 0.6) is 0 Å². The third-order valence-electron chi connectivity index (χ3n) is 5.96. The van der Waals surface area contributed by atoms with Crippen LogP contribution in [-0.2, 0) is 7.05 Å². The van der Waals surface area contributed by atoms with E-state index in [9.17, 15) is 0 Å². The summed E-state index contributed by atoms with van der Waals surface area (Å²) in [6.07, 6.45) is 5.84. The van der Waals surface area contributed by atoms with Crippen molar-refractivity contribution in [2.45, 2.75) is 19.3 Å². The van der Waals surface area contributed by atoms with Crippen LogP contribution < -0.4 is 0 Å². The number of allylic oxidation sites excluding steroid dienone is 1. The van der Waals surface area contributed by atoms with Gasteiger partial charge in [-0.15, -0.1) is 0 Å². The van der Waals surface area contributed by atoms with Gasteiger partial charge in [-0.25, -0.2) is 0 Å². The lowest BCUT2D eigenvalue weighted by molar-refractivity contribution is 0.401. The Bertz CT molecular complexity index is 1130. The molecule has 2 nitrogen and oxygen atoms in total. The van der Waals surface area contributed by atoms with Gasteiger partial charge in [0.2, 0.25) is 0 Å². The Hall–Kier alpha value is -3.13. The normalized spacial score (nSPS) is 15.3. The van der Waals surface area contributed by atoms with Crippen molar-refractivity contribution in [1.82, 2.24) is 9.78 Å². The first-order valence-corrected chi connectivity index (χ1v) is 10.1. The van der Waals surface area contributed by atoms with Gasteiger partial charge in [0.25, 0.3) is 0 Å². The van der Waals surface area contributed by atoms with E-state index >= 15 is 0 Å². The SMILES string of the molecule is Cn1ncc2cc(/C(=C(/c3ccccc3)C3CCC3)c3ccccc3)ccc21. The average molecular weight is 364 g/mol. The summed E-state index contributed by atoms with van der Waals surface area (Å²) in [7, 11) is 2.00. The maximum atomic E-state index is 4.44. The molecule has 2 heteroatoms. The average Bonchev–Trinajstić information content (AvgIpc) is 3.08. The Morgan fingerprint density at radius 2 is 1.50 bits per heavy atom. The van der Waals surface area contributed by atoms with Gasteiger partial charge in [0, 0.05) is 12.4 Å². The van der Waals surface area contributed by atoms with Gasteiger partial charge >= 0.3 is 0 Å². The van der Waals surface area contributed by atoms with Gasteiger partial charge in [-0.2, -0.15) is 5.10 Å². The first kappa shape index (κ1) is 17.0. The molecule has 3 aromatic carbocycles. The summed E-state index contributed by atoms with van der Waals surface area (Å²) in [5.41, 5.74) is 7.93. The lowest BCUT2D eigenvalue weighted by Gasteiger charge is -2.31. The summed E-state index contributed by atoms with van der Waals surface area (Å²) in [5.74, 6) is 0.627. The minimum absolute atomic E-state index is 0.627. The maximum absolute atomic E-state index is 4.44. The molecule has 0 radical (unpaired) electrons. The van der Waals surface area contributed by atoms with E-state index in [1.54, 1.807) is 0 Å². The van der Waals surface area contributed by atoms with Crippen LogP contribution in [0.1, 0.15) is 36.0 Å². The fourth-order valence-corrected chi connectivity index (χ4v) is 4.30. The van der Waals surface area contributed by atoms with Crippen LogP contribution in [0.4, 0.5) is 0 Å². The van der Waals surface area contributed by atoms with E-state index in [2.05, 4.69) is 84.0 Å². The zero-order valence-electron chi connectivity index (χ0n) is 16.2. The van der Waals surface area contributed by atoms with Gasteiger partial charge in [0.1, 0.15) is 0 Å². The highest BCUT2D eigenvalue weighted by Gasteiger charge is 2.27. The zero-order chi connectivity index (χ0) is 18.9. The van der Waals surface area contributed by atoms with E-state index in [0.717, 1.165) is 0 Å². The van der Waals surface area contributed by atoms with Crippen molar-refractivity contribution in [3.63, 3.8) is 0 Å². The Morgan fingerprint density at radius 3 is 2.14 bits per heavy atom. The highest BCUT2D eigenvalue weighted by molar-refractivity contribution is 6.01. The van der Waals surface area contributed by atoms with Crippen molar-refractivity contribution >= 4 is 22.0 Å². The summed E-state index contributed by atoms with van der Waals surface area (Å²) in [4.78, 5) is 0. The second-order valence-electron chi connectivity index (χ2n) is 7.69. The first-order chi connectivity index (χ1) is 13.8. The third kappa shape index (κ3) is 2.95. The quantitative estimate of drug-likeness (QED) is 0.387. The summed E-state index contributed by atoms with van der Waals surface area (Å²) in [5, 5.41) is 5.62. The largest absolute Gasteiger partial charge is 0.268 e. The highest BCUT2D eigenvalue weighted by atomic mass is 15.2. The summed E-state index contributed by atoms with van der Waals surface area (Å²) < 4.78 is 1.94. The number of hydrogen-bond acceptors (Lipinski definition) is 1. The lowest BCUT2D eigenvalue weighted by Crippen LogP contribution is -2.15. The van der Waals surface area contributed by atoms with Gasteiger partial charge in [0.05, 0.1) is 11.7 Å². The van der Waals surface area contributed by atoms with E-state index in [1.807, 2.05) is 17.9 Å². The second kappa shape index (κ2) is 7.12. The molecule has 1 fully saturated rings.